The SMILES string of the molecule is O=C1CC(=O)CC(c2cccc(C(F)F)c2)C1. The normalized spacial score (nSPS) is 17.8. The van der Waals surface area contributed by atoms with Gasteiger partial charge in [0.2, 0.25) is 0 Å². The molecule has 1 aromatic rings. The van der Waals surface area contributed by atoms with E-state index in [1.807, 2.05) is 0 Å². The van der Waals surface area contributed by atoms with E-state index < -0.39 is 6.43 Å². The quantitative estimate of drug-likeness (QED) is 0.742. The molecule has 1 aliphatic rings. The molecule has 2 nitrogen and oxygen atoms in total. The van der Waals surface area contributed by atoms with Crippen molar-refractivity contribution in [2.45, 2.75) is 31.6 Å². The van der Waals surface area contributed by atoms with Gasteiger partial charge < -0.3 is 0 Å². The van der Waals surface area contributed by atoms with E-state index in [1.54, 1.807) is 12.1 Å². The molecule has 1 fully saturated rings. The van der Waals surface area contributed by atoms with Crippen LogP contribution >= 0.6 is 0 Å². The van der Waals surface area contributed by atoms with Gasteiger partial charge in [-0.15, -0.1) is 0 Å². The average Bonchev–Trinajstić information content (AvgIpc) is 2.28. The fourth-order valence-corrected chi connectivity index (χ4v) is 2.17. The van der Waals surface area contributed by atoms with Crippen molar-refractivity contribution in [1.82, 2.24) is 0 Å². The summed E-state index contributed by atoms with van der Waals surface area (Å²) in [5, 5.41) is 0. The van der Waals surface area contributed by atoms with Crippen LogP contribution in [0.2, 0.25) is 0 Å². The molecule has 17 heavy (non-hydrogen) atoms. The summed E-state index contributed by atoms with van der Waals surface area (Å²) in [4.78, 5) is 22.6. The number of carbonyl (C=O) groups is 2. The summed E-state index contributed by atoms with van der Waals surface area (Å²) in [6.07, 6.45) is -1.98. The van der Waals surface area contributed by atoms with Crippen LogP contribution in [0, 0.1) is 0 Å². The lowest BCUT2D eigenvalue weighted by Crippen LogP contribution is -2.21. The summed E-state index contributed by atoms with van der Waals surface area (Å²) in [6, 6.07) is 5.98. The van der Waals surface area contributed by atoms with Crippen molar-refractivity contribution >= 4 is 11.6 Å². The van der Waals surface area contributed by atoms with Crippen LogP contribution in [0.15, 0.2) is 24.3 Å². The maximum atomic E-state index is 12.5. The molecule has 0 spiro atoms. The number of carbonyl (C=O) groups excluding carboxylic acids is 2. The van der Waals surface area contributed by atoms with E-state index in [0.717, 1.165) is 0 Å². The van der Waals surface area contributed by atoms with Gasteiger partial charge in [-0.3, -0.25) is 9.59 Å². The van der Waals surface area contributed by atoms with Crippen LogP contribution in [-0.4, -0.2) is 11.6 Å². The number of rotatable bonds is 2. The Balaban J connectivity index is 2.24. The number of hydrogen-bond acceptors (Lipinski definition) is 2. The van der Waals surface area contributed by atoms with Gasteiger partial charge in [0.05, 0.1) is 6.42 Å². The van der Waals surface area contributed by atoms with E-state index in [9.17, 15) is 18.4 Å². The minimum absolute atomic E-state index is 0.00889. The van der Waals surface area contributed by atoms with Gasteiger partial charge in [0.25, 0.3) is 6.43 Å². The van der Waals surface area contributed by atoms with Crippen LogP contribution in [0.25, 0.3) is 0 Å². The van der Waals surface area contributed by atoms with E-state index >= 15 is 0 Å². The van der Waals surface area contributed by atoms with Gasteiger partial charge in [-0.05, 0) is 17.5 Å². The van der Waals surface area contributed by atoms with Crippen molar-refractivity contribution in [3.8, 4) is 0 Å². The Morgan fingerprint density at radius 3 is 2.35 bits per heavy atom. The van der Waals surface area contributed by atoms with Crippen LogP contribution in [0.1, 0.15) is 42.7 Å². The van der Waals surface area contributed by atoms with Gasteiger partial charge >= 0.3 is 0 Å². The highest BCUT2D eigenvalue weighted by molar-refractivity contribution is 6.02. The van der Waals surface area contributed by atoms with E-state index in [-0.39, 0.29) is 42.3 Å². The molecular weight excluding hydrogens is 226 g/mol. The number of benzene rings is 1. The standard InChI is InChI=1S/C13H12F2O2/c14-13(15)9-3-1-2-8(4-9)10-5-11(16)7-12(17)6-10/h1-4,10,13H,5-7H2. The highest BCUT2D eigenvalue weighted by Crippen LogP contribution is 2.31. The Kier molecular flexibility index (Phi) is 3.31. The predicted octanol–water partition coefficient (Wildman–Crippen LogP) is 3.03. The molecule has 0 saturated heterocycles. The van der Waals surface area contributed by atoms with E-state index in [1.165, 1.54) is 12.1 Å². The molecule has 0 amide bonds. The van der Waals surface area contributed by atoms with E-state index in [4.69, 9.17) is 0 Å². The molecule has 2 rings (SSSR count). The molecule has 0 N–H and O–H groups in total. The third-order valence-electron chi connectivity index (χ3n) is 2.98. The number of ketones is 2. The smallest absolute Gasteiger partial charge is 0.263 e. The summed E-state index contributed by atoms with van der Waals surface area (Å²) in [5.74, 6) is -0.440. The topological polar surface area (TPSA) is 34.1 Å². The largest absolute Gasteiger partial charge is 0.299 e. The highest BCUT2D eigenvalue weighted by atomic mass is 19.3. The zero-order chi connectivity index (χ0) is 12.4. The first-order valence-electron chi connectivity index (χ1n) is 5.47. The molecule has 0 heterocycles. The second kappa shape index (κ2) is 4.73. The van der Waals surface area contributed by atoms with Crippen LogP contribution < -0.4 is 0 Å². The molecule has 0 atom stereocenters. The second-order valence-electron chi connectivity index (χ2n) is 4.33. The molecule has 90 valence electrons. The van der Waals surface area contributed by atoms with Gasteiger partial charge in [-0.1, -0.05) is 18.2 Å². The van der Waals surface area contributed by atoms with Crippen molar-refractivity contribution in [2.24, 2.45) is 0 Å². The van der Waals surface area contributed by atoms with Crippen molar-refractivity contribution in [2.75, 3.05) is 0 Å². The Morgan fingerprint density at radius 2 is 1.76 bits per heavy atom. The van der Waals surface area contributed by atoms with Gasteiger partial charge in [0, 0.05) is 18.4 Å². The van der Waals surface area contributed by atoms with E-state index in [0.29, 0.717) is 5.56 Å². The fourth-order valence-electron chi connectivity index (χ4n) is 2.17. The van der Waals surface area contributed by atoms with E-state index in [2.05, 4.69) is 0 Å². The Labute approximate surface area is 97.6 Å². The lowest BCUT2D eigenvalue weighted by molar-refractivity contribution is -0.130. The maximum absolute atomic E-state index is 12.5. The first-order chi connectivity index (χ1) is 8.06. The molecule has 0 unspecified atom stereocenters. The number of halogens is 2. The first kappa shape index (κ1) is 11.9. The summed E-state index contributed by atoms with van der Waals surface area (Å²) < 4.78 is 25.1. The van der Waals surface area contributed by atoms with Crippen LogP contribution in [-0.2, 0) is 9.59 Å². The summed E-state index contributed by atoms with van der Waals surface area (Å²) in [5.41, 5.74) is 0.595. The zero-order valence-corrected chi connectivity index (χ0v) is 9.16. The second-order valence-corrected chi connectivity index (χ2v) is 4.33. The highest BCUT2D eigenvalue weighted by Gasteiger charge is 2.26. The molecule has 1 aromatic carbocycles. The van der Waals surface area contributed by atoms with Crippen molar-refractivity contribution < 1.29 is 18.4 Å². The minimum Gasteiger partial charge on any atom is -0.299 e. The van der Waals surface area contributed by atoms with Crippen LogP contribution in [0.4, 0.5) is 8.78 Å². The molecule has 0 aliphatic heterocycles. The van der Waals surface area contributed by atoms with Gasteiger partial charge in [0.15, 0.2) is 0 Å². The third kappa shape index (κ3) is 2.75. The number of Topliss-reactive ketones (excluding diaryl/α,β-unsaturated/α-hetero) is 2. The van der Waals surface area contributed by atoms with Gasteiger partial charge in [0.1, 0.15) is 11.6 Å². The number of hydrogen-bond donors (Lipinski definition) is 0. The molecule has 4 heteroatoms. The number of alkyl halides is 2. The van der Waals surface area contributed by atoms with Crippen molar-refractivity contribution in [1.29, 1.82) is 0 Å². The predicted molar refractivity (Wildman–Crippen MR) is 58.0 cm³/mol. The first-order valence-corrected chi connectivity index (χ1v) is 5.47. The molecule has 0 aromatic heterocycles. The van der Waals surface area contributed by atoms with Crippen LogP contribution in [0.5, 0.6) is 0 Å². The molecule has 0 bridgehead atoms. The lowest BCUT2D eigenvalue weighted by Gasteiger charge is -2.20. The molecule has 0 radical (unpaired) electrons. The summed E-state index contributed by atoms with van der Waals surface area (Å²) in [6.45, 7) is 0. The molecule has 1 saturated carbocycles. The monoisotopic (exact) mass is 238 g/mol. The van der Waals surface area contributed by atoms with Crippen LogP contribution in [0.3, 0.4) is 0 Å². The minimum atomic E-state index is -2.52. The third-order valence-corrected chi connectivity index (χ3v) is 2.98. The Morgan fingerprint density at radius 1 is 1.12 bits per heavy atom. The lowest BCUT2D eigenvalue weighted by atomic mass is 9.82. The fraction of sp³-hybridized carbons (Fsp3) is 0.385. The maximum Gasteiger partial charge on any atom is 0.263 e. The molecular formula is C13H12F2O2. The summed E-state index contributed by atoms with van der Waals surface area (Å²) in [7, 11) is 0. The van der Waals surface area contributed by atoms with Gasteiger partial charge in [-0.2, -0.15) is 0 Å². The van der Waals surface area contributed by atoms with Gasteiger partial charge in [-0.25, -0.2) is 8.78 Å². The summed E-state index contributed by atoms with van der Waals surface area (Å²) >= 11 is 0. The zero-order valence-electron chi connectivity index (χ0n) is 9.16. The van der Waals surface area contributed by atoms with Crippen molar-refractivity contribution in [3.63, 3.8) is 0 Å². The Hall–Kier alpha value is -1.58. The molecule has 1 aliphatic carbocycles. The average molecular weight is 238 g/mol. The Bertz CT molecular complexity index is 438. The van der Waals surface area contributed by atoms with Crippen molar-refractivity contribution in [3.05, 3.63) is 35.4 Å².